The first-order valence-electron chi connectivity index (χ1n) is 7.56. The normalized spacial score (nSPS) is 20.3. The Kier molecular flexibility index (Phi) is 3.53. The average Bonchev–Trinajstić information content (AvgIpc) is 2.83. The van der Waals surface area contributed by atoms with Crippen molar-refractivity contribution < 1.29 is 0 Å². The summed E-state index contributed by atoms with van der Waals surface area (Å²) in [7, 11) is 1.97. The summed E-state index contributed by atoms with van der Waals surface area (Å²) in [5.41, 5.74) is 3.64. The van der Waals surface area contributed by atoms with Crippen LogP contribution in [0.2, 0.25) is 0 Å². The monoisotopic (exact) mass is 285 g/mol. The van der Waals surface area contributed by atoms with E-state index >= 15 is 0 Å². The summed E-state index contributed by atoms with van der Waals surface area (Å²) >= 11 is 0. The highest BCUT2D eigenvalue weighted by Crippen LogP contribution is 2.40. The molecule has 1 N–H and O–H groups in total. The number of hydrogen-bond donors (Lipinski definition) is 1. The molecule has 112 valence electrons. The molecule has 0 amide bonds. The van der Waals surface area contributed by atoms with Crippen LogP contribution in [0.3, 0.4) is 0 Å². The van der Waals surface area contributed by atoms with E-state index in [1.807, 2.05) is 24.0 Å². The molecule has 2 aromatic rings. The zero-order valence-electron chi connectivity index (χ0n) is 13.2. The van der Waals surface area contributed by atoms with Crippen LogP contribution in [0.15, 0.2) is 18.7 Å². The Labute approximate surface area is 125 Å². The van der Waals surface area contributed by atoms with E-state index in [4.69, 9.17) is 4.98 Å². The lowest BCUT2D eigenvalue weighted by Gasteiger charge is -2.36. The molecule has 0 bridgehead atoms. The first-order chi connectivity index (χ1) is 10.00. The van der Waals surface area contributed by atoms with Crippen molar-refractivity contribution in [2.75, 3.05) is 6.54 Å². The number of imidazole rings is 1. The maximum atomic E-state index is 4.83. The fraction of sp³-hybridized carbons (Fsp3) is 0.562. The average molecular weight is 285 g/mol. The quantitative estimate of drug-likeness (QED) is 0.941. The van der Waals surface area contributed by atoms with Gasteiger partial charge in [-0.1, -0.05) is 20.8 Å². The van der Waals surface area contributed by atoms with Gasteiger partial charge in [-0.05, 0) is 24.8 Å². The fourth-order valence-corrected chi connectivity index (χ4v) is 3.17. The second-order valence-corrected chi connectivity index (χ2v) is 6.64. The van der Waals surface area contributed by atoms with Crippen LogP contribution in [0.1, 0.15) is 44.5 Å². The van der Waals surface area contributed by atoms with Crippen LogP contribution < -0.4 is 5.32 Å². The summed E-state index contributed by atoms with van der Waals surface area (Å²) in [6.45, 7) is 7.73. The van der Waals surface area contributed by atoms with Gasteiger partial charge < -0.3 is 9.88 Å². The zero-order chi connectivity index (χ0) is 15.0. The van der Waals surface area contributed by atoms with Crippen molar-refractivity contribution in [1.29, 1.82) is 0 Å². The van der Waals surface area contributed by atoms with Crippen LogP contribution in [-0.4, -0.2) is 26.1 Å². The van der Waals surface area contributed by atoms with Crippen LogP contribution in [-0.2, 0) is 13.5 Å². The first kappa shape index (κ1) is 14.2. The van der Waals surface area contributed by atoms with Crippen LogP contribution >= 0.6 is 0 Å². The molecule has 3 rings (SSSR count). The Morgan fingerprint density at radius 2 is 2.19 bits per heavy atom. The molecule has 0 radical (unpaired) electrons. The minimum Gasteiger partial charge on any atom is -0.331 e. The fourth-order valence-electron chi connectivity index (χ4n) is 3.17. The number of nitrogens with zero attached hydrogens (tertiary/aromatic N) is 4. The van der Waals surface area contributed by atoms with Gasteiger partial charge in [-0.3, -0.25) is 0 Å². The predicted molar refractivity (Wildman–Crippen MR) is 82.8 cm³/mol. The van der Waals surface area contributed by atoms with E-state index in [2.05, 4.69) is 36.1 Å². The number of rotatable bonds is 3. The van der Waals surface area contributed by atoms with Gasteiger partial charge >= 0.3 is 0 Å². The Morgan fingerprint density at radius 1 is 1.38 bits per heavy atom. The van der Waals surface area contributed by atoms with E-state index in [1.54, 1.807) is 6.33 Å². The number of aryl methyl sites for hydroxylation is 1. The molecule has 2 aromatic heterocycles. The van der Waals surface area contributed by atoms with Gasteiger partial charge in [0.05, 0.1) is 12.5 Å². The van der Waals surface area contributed by atoms with Gasteiger partial charge in [-0.2, -0.15) is 0 Å². The maximum Gasteiger partial charge on any atom is 0.178 e. The first-order valence-corrected chi connectivity index (χ1v) is 7.56. The molecule has 21 heavy (non-hydrogen) atoms. The van der Waals surface area contributed by atoms with Crippen molar-refractivity contribution in [1.82, 2.24) is 24.8 Å². The summed E-state index contributed by atoms with van der Waals surface area (Å²) in [6.07, 6.45) is 7.72. The molecule has 0 aliphatic heterocycles. The van der Waals surface area contributed by atoms with E-state index in [0.29, 0.717) is 6.04 Å². The number of hydrogen-bond acceptors (Lipinski definition) is 4. The van der Waals surface area contributed by atoms with E-state index < -0.39 is 0 Å². The molecule has 0 aromatic carbocycles. The van der Waals surface area contributed by atoms with Gasteiger partial charge in [0.1, 0.15) is 5.69 Å². The van der Waals surface area contributed by atoms with Gasteiger partial charge in [-0.15, -0.1) is 0 Å². The zero-order valence-corrected chi connectivity index (χ0v) is 13.2. The molecular weight excluding hydrogens is 262 g/mol. The van der Waals surface area contributed by atoms with E-state index in [1.165, 1.54) is 11.3 Å². The smallest absolute Gasteiger partial charge is 0.178 e. The van der Waals surface area contributed by atoms with Crippen molar-refractivity contribution in [3.8, 4) is 11.5 Å². The summed E-state index contributed by atoms with van der Waals surface area (Å²) in [5.74, 6) is 0.765. The van der Waals surface area contributed by atoms with Crippen molar-refractivity contribution in [3.63, 3.8) is 0 Å². The molecule has 1 aliphatic rings. The minimum absolute atomic E-state index is 0.262. The third-order valence-electron chi connectivity index (χ3n) is 4.17. The standard InChI is InChI=1S/C16H23N5/c1-5-18-12-6-16(2,3)7-13-11(12)8-19-15(20-13)14-9-17-10-21(14)4/h8-10,12,18H,5-7H2,1-4H3. The van der Waals surface area contributed by atoms with E-state index in [0.717, 1.165) is 30.9 Å². The van der Waals surface area contributed by atoms with Crippen LogP contribution in [0.25, 0.3) is 11.5 Å². The Hall–Kier alpha value is -1.75. The molecule has 2 heterocycles. The van der Waals surface area contributed by atoms with Crippen molar-refractivity contribution in [3.05, 3.63) is 30.0 Å². The highest BCUT2D eigenvalue weighted by molar-refractivity contribution is 5.49. The molecule has 1 atom stereocenters. The molecule has 1 unspecified atom stereocenters. The number of aromatic nitrogens is 4. The van der Waals surface area contributed by atoms with Crippen molar-refractivity contribution in [2.24, 2.45) is 12.5 Å². The lowest BCUT2D eigenvalue weighted by atomic mass is 9.74. The lowest BCUT2D eigenvalue weighted by molar-refractivity contribution is 0.255. The second kappa shape index (κ2) is 5.22. The molecule has 5 heteroatoms. The van der Waals surface area contributed by atoms with Gasteiger partial charge in [0.25, 0.3) is 0 Å². The van der Waals surface area contributed by atoms with Gasteiger partial charge in [0.15, 0.2) is 5.82 Å². The number of nitrogens with one attached hydrogen (secondary N) is 1. The summed E-state index contributed by atoms with van der Waals surface area (Å²) < 4.78 is 1.96. The summed E-state index contributed by atoms with van der Waals surface area (Å²) in [6, 6.07) is 0.356. The molecule has 1 aliphatic carbocycles. The van der Waals surface area contributed by atoms with Gasteiger partial charge in [0, 0.05) is 30.5 Å². The number of fused-ring (bicyclic) bond motifs is 1. The summed E-state index contributed by atoms with van der Waals surface area (Å²) in [5, 5.41) is 3.56. The van der Waals surface area contributed by atoms with E-state index in [-0.39, 0.29) is 5.41 Å². The highest BCUT2D eigenvalue weighted by Gasteiger charge is 2.33. The van der Waals surface area contributed by atoms with Gasteiger partial charge in [-0.25, -0.2) is 15.0 Å². The summed E-state index contributed by atoms with van der Waals surface area (Å²) in [4.78, 5) is 13.6. The molecule has 0 saturated heterocycles. The maximum absolute atomic E-state index is 4.83. The van der Waals surface area contributed by atoms with Crippen LogP contribution in [0, 0.1) is 5.41 Å². The predicted octanol–water partition coefficient (Wildman–Crippen LogP) is 2.50. The lowest BCUT2D eigenvalue weighted by Crippen LogP contribution is -2.34. The van der Waals surface area contributed by atoms with Crippen molar-refractivity contribution >= 4 is 0 Å². The topological polar surface area (TPSA) is 55.6 Å². The second-order valence-electron chi connectivity index (χ2n) is 6.64. The Bertz CT molecular complexity index is 644. The largest absolute Gasteiger partial charge is 0.331 e. The SMILES string of the molecule is CCNC1CC(C)(C)Cc2nc(-c3cncn3C)ncc21. The van der Waals surface area contributed by atoms with E-state index in [9.17, 15) is 0 Å². The van der Waals surface area contributed by atoms with Crippen LogP contribution in [0.4, 0.5) is 0 Å². The molecule has 5 nitrogen and oxygen atoms in total. The molecule has 0 saturated carbocycles. The Morgan fingerprint density at radius 3 is 2.86 bits per heavy atom. The molecule has 0 fully saturated rings. The highest BCUT2D eigenvalue weighted by atomic mass is 15.1. The molecule has 0 spiro atoms. The third kappa shape index (κ3) is 2.70. The van der Waals surface area contributed by atoms with Crippen LogP contribution in [0.5, 0.6) is 0 Å². The van der Waals surface area contributed by atoms with Gasteiger partial charge in [0.2, 0.25) is 0 Å². The van der Waals surface area contributed by atoms with Crippen molar-refractivity contribution in [2.45, 2.75) is 39.7 Å². The third-order valence-corrected chi connectivity index (χ3v) is 4.17. The Balaban J connectivity index is 2.03. The molecular formula is C16H23N5. The minimum atomic E-state index is 0.262.